The van der Waals surface area contributed by atoms with Gasteiger partial charge in [0.25, 0.3) is 11.7 Å². The molecule has 0 bridgehead atoms. The van der Waals surface area contributed by atoms with Gasteiger partial charge in [-0.1, -0.05) is 13.8 Å². The SMILES string of the molecule is CC(CC1CCC(O)C(O)C1)C(C)OC(=O)C1CCCN1C(=O)C(=O)C1(O)OC(N)CCC1C. The van der Waals surface area contributed by atoms with E-state index in [0.29, 0.717) is 38.5 Å². The van der Waals surface area contributed by atoms with Crippen molar-refractivity contribution in [3.63, 3.8) is 0 Å². The van der Waals surface area contributed by atoms with Gasteiger partial charge in [0.2, 0.25) is 5.79 Å². The molecule has 0 aromatic rings. The molecule has 10 heteroatoms. The molecule has 2 saturated heterocycles. The van der Waals surface area contributed by atoms with Crippen LogP contribution in [0.1, 0.15) is 72.1 Å². The Morgan fingerprint density at radius 1 is 1.12 bits per heavy atom. The second kappa shape index (κ2) is 11.0. The van der Waals surface area contributed by atoms with Crippen LogP contribution in [0.15, 0.2) is 0 Å². The number of hydrogen-bond donors (Lipinski definition) is 4. The average Bonchev–Trinajstić information content (AvgIpc) is 3.28. The summed E-state index contributed by atoms with van der Waals surface area (Å²) in [5.74, 6) is -5.28. The quantitative estimate of drug-likeness (QED) is 0.297. The largest absolute Gasteiger partial charge is 0.461 e. The van der Waals surface area contributed by atoms with E-state index in [1.165, 1.54) is 4.90 Å². The number of aliphatic hydroxyl groups excluding tert-OH is 2. The van der Waals surface area contributed by atoms with Crippen molar-refractivity contribution in [2.24, 2.45) is 23.5 Å². The van der Waals surface area contributed by atoms with Gasteiger partial charge in [0.15, 0.2) is 0 Å². The minimum Gasteiger partial charge on any atom is -0.461 e. The van der Waals surface area contributed by atoms with Crippen molar-refractivity contribution in [1.82, 2.24) is 4.90 Å². The summed E-state index contributed by atoms with van der Waals surface area (Å²) in [6.45, 7) is 5.61. The van der Waals surface area contributed by atoms with Crippen molar-refractivity contribution in [2.75, 3.05) is 6.54 Å². The lowest BCUT2D eigenvalue weighted by atomic mass is 9.79. The zero-order chi connectivity index (χ0) is 25.2. The Bertz CT molecular complexity index is 763. The molecule has 10 nitrogen and oxygen atoms in total. The first kappa shape index (κ1) is 27.0. The summed E-state index contributed by atoms with van der Waals surface area (Å²) in [7, 11) is 0. The van der Waals surface area contributed by atoms with E-state index in [9.17, 15) is 29.7 Å². The highest BCUT2D eigenvalue weighted by atomic mass is 16.6. The molecule has 1 aliphatic carbocycles. The van der Waals surface area contributed by atoms with E-state index >= 15 is 0 Å². The van der Waals surface area contributed by atoms with Crippen molar-refractivity contribution in [2.45, 2.75) is 109 Å². The van der Waals surface area contributed by atoms with Gasteiger partial charge in [-0.3, -0.25) is 9.59 Å². The van der Waals surface area contributed by atoms with E-state index in [0.717, 1.165) is 12.8 Å². The van der Waals surface area contributed by atoms with Crippen molar-refractivity contribution >= 4 is 17.7 Å². The van der Waals surface area contributed by atoms with Gasteiger partial charge in [-0.25, -0.2) is 4.79 Å². The molecule has 5 N–H and O–H groups in total. The molecular weight excluding hydrogens is 444 g/mol. The molecular formula is C24H40N2O8. The first-order valence-corrected chi connectivity index (χ1v) is 12.5. The molecule has 34 heavy (non-hydrogen) atoms. The number of carbonyl (C=O) groups is 3. The number of ether oxygens (including phenoxy) is 2. The minimum atomic E-state index is -2.30. The van der Waals surface area contributed by atoms with Gasteiger partial charge in [-0.15, -0.1) is 0 Å². The Balaban J connectivity index is 1.58. The molecule has 9 atom stereocenters. The summed E-state index contributed by atoms with van der Waals surface area (Å²) in [5.41, 5.74) is 5.74. The molecule has 9 unspecified atom stereocenters. The fourth-order valence-electron chi connectivity index (χ4n) is 5.36. The van der Waals surface area contributed by atoms with E-state index in [1.54, 1.807) is 13.8 Å². The van der Waals surface area contributed by atoms with E-state index in [1.807, 2.05) is 6.92 Å². The summed E-state index contributed by atoms with van der Waals surface area (Å²) < 4.78 is 11.0. The van der Waals surface area contributed by atoms with Crippen molar-refractivity contribution < 1.29 is 39.2 Å². The number of aliphatic hydroxyl groups is 3. The Kier molecular flexibility index (Phi) is 8.73. The molecule has 3 aliphatic rings. The van der Waals surface area contributed by atoms with Gasteiger partial charge in [-0.05, 0) is 70.1 Å². The topological polar surface area (TPSA) is 160 Å². The van der Waals surface area contributed by atoms with E-state index < -0.39 is 59.9 Å². The van der Waals surface area contributed by atoms with Gasteiger partial charge < -0.3 is 35.4 Å². The molecule has 1 amide bonds. The second-order valence-corrected chi connectivity index (χ2v) is 10.5. The third-order valence-electron chi connectivity index (χ3n) is 7.89. The third kappa shape index (κ3) is 5.79. The summed E-state index contributed by atoms with van der Waals surface area (Å²) in [5, 5.41) is 30.4. The van der Waals surface area contributed by atoms with E-state index in [2.05, 4.69) is 0 Å². The Hall–Kier alpha value is -1.59. The van der Waals surface area contributed by atoms with Gasteiger partial charge in [0.05, 0.1) is 12.2 Å². The highest BCUT2D eigenvalue weighted by Gasteiger charge is 2.52. The smallest absolute Gasteiger partial charge is 0.329 e. The number of hydrogen-bond acceptors (Lipinski definition) is 9. The van der Waals surface area contributed by atoms with Crippen molar-refractivity contribution in [1.29, 1.82) is 0 Å². The van der Waals surface area contributed by atoms with Crippen LogP contribution in [0, 0.1) is 17.8 Å². The van der Waals surface area contributed by atoms with Gasteiger partial charge in [0.1, 0.15) is 18.4 Å². The average molecular weight is 485 g/mol. The Labute approximate surface area is 200 Å². The monoisotopic (exact) mass is 484 g/mol. The maximum absolute atomic E-state index is 13.0. The molecule has 0 radical (unpaired) electrons. The van der Waals surface area contributed by atoms with Crippen LogP contribution in [-0.2, 0) is 23.9 Å². The maximum atomic E-state index is 13.0. The number of carbonyl (C=O) groups excluding carboxylic acids is 3. The van der Waals surface area contributed by atoms with Gasteiger partial charge >= 0.3 is 5.97 Å². The number of rotatable bonds is 7. The van der Waals surface area contributed by atoms with Crippen LogP contribution in [0.4, 0.5) is 0 Å². The first-order valence-electron chi connectivity index (χ1n) is 12.5. The van der Waals surface area contributed by atoms with Gasteiger partial charge in [-0.2, -0.15) is 0 Å². The summed E-state index contributed by atoms with van der Waals surface area (Å²) >= 11 is 0. The van der Waals surface area contributed by atoms with E-state index in [-0.39, 0.29) is 18.4 Å². The predicted octanol–water partition coefficient (Wildman–Crippen LogP) is 0.446. The standard InChI is InChI=1S/C24H40N2O8/c1-13(11-16-7-8-18(27)19(28)12-16)15(3)33-23(31)17-5-4-10-26(17)22(30)21(29)24(32)14(2)6-9-20(25)34-24/h13-20,27-28,32H,4-12,25H2,1-3H3. The number of ketones is 1. The van der Waals surface area contributed by atoms with Crippen LogP contribution in [0.2, 0.25) is 0 Å². The molecule has 2 aliphatic heterocycles. The number of likely N-dealkylation sites (tertiary alicyclic amines) is 1. The van der Waals surface area contributed by atoms with Crippen molar-refractivity contribution in [3.05, 3.63) is 0 Å². The fourth-order valence-corrected chi connectivity index (χ4v) is 5.36. The predicted molar refractivity (Wildman–Crippen MR) is 121 cm³/mol. The molecule has 3 fully saturated rings. The zero-order valence-electron chi connectivity index (χ0n) is 20.4. The maximum Gasteiger partial charge on any atom is 0.329 e. The Morgan fingerprint density at radius 3 is 2.50 bits per heavy atom. The highest BCUT2D eigenvalue weighted by molar-refractivity contribution is 6.39. The van der Waals surface area contributed by atoms with Crippen LogP contribution in [0.25, 0.3) is 0 Å². The second-order valence-electron chi connectivity index (χ2n) is 10.5. The first-order chi connectivity index (χ1) is 15.9. The lowest BCUT2D eigenvalue weighted by Gasteiger charge is -2.39. The number of nitrogens with two attached hydrogens (primary N) is 1. The lowest BCUT2D eigenvalue weighted by Crippen LogP contribution is -2.60. The molecule has 0 aromatic heterocycles. The number of Topliss-reactive ketones (excluding diaryl/α,β-unsaturated/α-hetero) is 1. The molecule has 0 spiro atoms. The van der Waals surface area contributed by atoms with Crippen LogP contribution < -0.4 is 5.73 Å². The molecule has 3 rings (SSSR count). The lowest BCUT2D eigenvalue weighted by molar-refractivity contribution is -0.261. The van der Waals surface area contributed by atoms with Gasteiger partial charge in [0, 0.05) is 12.5 Å². The van der Waals surface area contributed by atoms with Crippen LogP contribution >= 0.6 is 0 Å². The normalized spacial score (nSPS) is 38.3. The summed E-state index contributed by atoms with van der Waals surface area (Å²) in [4.78, 5) is 40.0. The van der Waals surface area contributed by atoms with Crippen molar-refractivity contribution in [3.8, 4) is 0 Å². The minimum absolute atomic E-state index is 0.0160. The van der Waals surface area contributed by atoms with Crippen LogP contribution in [-0.4, -0.2) is 80.8 Å². The third-order valence-corrected chi connectivity index (χ3v) is 7.89. The summed E-state index contributed by atoms with van der Waals surface area (Å²) in [6.07, 6.45) is 1.79. The highest BCUT2D eigenvalue weighted by Crippen LogP contribution is 2.34. The van der Waals surface area contributed by atoms with E-state index in [4.69, 9.17) is 15.2 Å². The number of esters is 1. The molecule has 194 valence electrons. The molecule has 0 aromatic carbocycles. The van der Waals surface area contributed by atoms with Crippen LogP contribution in [0.3, 0.4) is 0 Å². The summed E-state index contributed by atoms with van der Waals surface area (Å²) in [6, 6.07) is -0.895. The number of amides is 1. The fraction of sp³-hybridized carbons (Fsp3) is 0.875. The zero-order valence-corrected chi connectivity index (χ0v) is 20.4. The molecule has 2 heterocycles. The molecule has 1 saturated carbocycles. The van der Waals surface area contributed by atoms with Crippen LogP contribution in [0.5, 0.6) is 0 Å². The Morgan fingerprint density at radius 2 is 1.82 bits per heavy atom. The number of nitrogens with zero attached hydrogens (tertiary/aromatic N) is 1.